The number of carbonyl (C=O) groups is 1. The van der Waals surface area contributed by atoms with Crippen LogP contribution < -0.4 is 10.2 Å². The molecule has 0 aliphatic rings. The van der Waals surface area contributed by atoms with Crippen molar-refractivity contribution in [2.45, 2.75) is 38.1 Å². The van der Waals surface area contributed by atoms with Crippen LogP contribution in [0.15, 0.2) is 52.2 Å². The molecule has 0 aliphatic heterocycles. The highest BCUT2D eigenvalue weighted by molar-refractivity contribution is 7.99. The monoisotopic (exact) mass is 386 g/mol. The predicted octanol–water partition coefficient (Wildman–Crippen LogP) is 5.07. The number of carbonyl (C=O) groups excluding carboxylic acids is 1. The molecule has 2 aromatic carbocycles. The Balaban J connectivity index is 1.60. The molecule has 26 heavy (non-hydrogen) atoms. The van der Waals surface area contributed by atoms with Gasteiger partial charge in [-0.25, -0.2) is 0 Å². The van der Waals surface area contributed by atoms with Crippen LogP contribution in [0.4, 0.5) is 5.69 Å². The lowest BCUT2D eigenvalue weighted by Crippen LogP contribution is -2.14. The second-order valence-corrected chi connectivity index (χ2v) is 8.64. The maximum Gasteiger partial charge on any atom is 0.308 e. The molecule has 3 aromatic rings. The molecular weight excluding hydrogens is 364 g/mol. The molecule has 0 unspecified atom stereocenters. The minimum absolute atomic E-state index is 0.0143. The van der Waals surface area contributed by atoms with Gasteiger partial charge in [-0.15, -0.1) is 11.8 Å². The maximum atomic E-state index is 12.2. The van der Waals surface area contributed by atoms with E-state index in [2.05, 4.69) is 36.5 Å². The summed E-state index contributed by atoms with van der Waals surface area (Å²) in [6.45, 7) is 6.05. The summed E-state index contributed by atoms with van der Waals surface area (Å²) in [4.78, 5) is 25.5. The number of thiazole rings is 1. The number of fused-ring (bicyclic) bond motifs is 1. The number of anilines is 1. The summed E-state index contributed by atoms with van der Waals surface area (Å²) in [6.07, 6.45) is 0.444. The standard InChI is InChI=1S/C20H22N2O2S2/c1-13(2)22-17-9-6-15(12-18(17)26-20(22)24)21-19(23)10-11-25-16-7-4-14(3)5-8-16/h4-9,12-13H,10-11H2,1-3H3,(H,21,23). The van der Waals surface area contributed by atoms with Crippen LogP contribution in [-0.2, 0) is 4.79 Å². The minimum atomic E-state index is -0.0143. The highest BCUT2D eigenvalue weighted by Gasteiger charge is 2.11. The lowest BCUT2D eigenvalue weighted by Gasteiger charge is -2.08. The van der Waals surface area contributed by atoms with Gasteiger partial charge >= 0.3 is 4.87 Å². The van der Waals surface area contributed by atoms with Gasteiger partial charge in [0, 0.05) is 28.8 Å². The second kappa shape index (κ2) is 8.10. The summed E-state index contributed by atoms with van der Waals surface area (Å²) in [6, 6.07) is 14.1. The number of nitrogens with one attached hydrogen (secondary N) is 1. The van der Waals surface area contributed by atoms with Crippen LogP contribution >= 0.6 is 23.1 Å². The van der Waals surface area contributed by atoms with Gasteiger partial charge in [-0.2, -0.15) is 0 Å². The Morgan fingerprint density at radius 3 is 2.62 bits per heavy atom. The third-order valence-corrected chi connectivity index (χ3v) is 5.96. The zero-order valence-electron chi connectivity index (χ0n) is 15.1. The van der Waals surface area contributed by atoms with Crippen LogP contribution in [0.2, 0.25) is 0 Å². The molecule has 4 nitrogen and oxygen atoms in total. The van der Waals surface area contributed by atoms with E-state index in [0.29, 0.717) is 6.42 Å². The summed E-state index contributed by atoms with van der Waals surface area (Å²) in [5.74, 6) is 0.716. The summed E-state index contributed by atoms with van der Waals surface area (Å²) < 4.78 is 2.68. The molecule has 3 rings (SSSR count). The Kier molecular flexibility index (Phi) is 5.84. The van der Waals surface area contributed by atoms with Crippen LogP contribution in [0, 0.1) is 6.92 Å². The van der Waals surface area contributed by atoms with Gasteiger partial charge in [0.05, 0.1) is 10.2 Å². The Labute approximate surface area is 161 Å². The van der Waals surface area contributed by atoms with Crippen molar-refractivity contribution < 1.29 is 4.79 Å². The number of aryl methyl sites for hydroxylation is 1. The SMILES string of the molecule is Cc1ccc(SCCC(=O)Nc2ccc3c(c2)sc(=O)n3C(C)C)cc1. The topological polar surface area (TPSA) is 51.1 Å². The van der Waals surface area contributed by atoms with Crippen molar-refractivity contribution in [3.63, 3.8) is 0 Å². The Bertz CT molecular complexity index is 972. The Hall–Kier alpha value is -2.05. The van der Waals surface area contributed by atoms with Crippen molar-refractivity contribution in [1.29, 1.82) is 0 Å². The third-order valence-electron chi connectivity index (χ3n) is 4.03. The molecule has 1 heterocycles. The van der Waals surface area contributed by atoms with Gasteiger partial charge in [-0.05, 0) is 51.1 Å². The Morgan fingerprint density at radius 2 is 1.92 bits per heavy atom. The molecule has 0 saturated heterocycles. The van der Waals surface area contributed by atoms with E-state index < -0.39 is 0 Å². The molecule has 0 aliphatic carbocycles. The van der Waals surface area contributed by atoms with Crippen LogP contribution in [0.25, 0.3) is 10.2 Å². The van der Waals surface area contributed by atoms with Crippen LogP contribution in [0.3, 0.4) is 0 Å². The maximum absolute atomic E-state index is 12.2. The van der Waals surface area contributed by atoms with Crippen molar-refractivity contribution in [1.82, 2.24) is 4.57 Å². The molecule has 0 saturated carbocycles. The average molecular weight is 387 g/mol. The van der Waals surface area contributed by atoms with E-state index in [1.54, 1.807) is 16.3 Å². The molecule has 1 aromatic heterocycles. The van der Waals surface area contributed by atoms with Crippen molar-refractivity contribution in [2.75, 3.05) is 11.1 Å². The molecule has 0 atom stereocenters. The van der Waals surface area contributed by atoms with Gasteiger partial charge in [-0.3, -0.25) is 14.2 Å². The van der Waals surface area contributed by atoms with Gasteiger partial charge in [0.25, 0.3) is 0 Å². The van der Waals surface area contributed by atoms with E-state index in [9.17, 15) is 9.59 Å². The van der Waals surface area contributed by atoms with Gasteiger partial charge < -0.3 is 5.32 Å². The minimum Gasteiger partial charge on any atom is -0.326 e. The average Bonchev–Trinajstić information content (AvgIpc) is 2.91. The summed E-state index contributed by atoms with van der Waals surface area (Å²) in [5.41, 5.74) is 2.89. The molecule has 136 valence electrons. The van der Waals surface area contributed by atoms with E-state index in [0.717, 1.165) is 21.7 Å². The van der Waals surface area contributed by atoms with Gasteiger partial charge in [-0.1, -0.05) is 29.0 Å². The molecule has 1 amide bonds. The number of rotatable bonds is 6. The lowest BCUT2D eigenvalue weighted by atomic mass is 10.2. The fourth-order valence-corrected chi connectivity index (χ4v) is 4.63. The largest absolute Gasteiger partial charge is 0.326 e. The normalized spacial score (nSPS) is 11.2. The Morgan fingerprint density at radius 1 is 1.19 bits per heavy atom. The van der Waals surface area contributed by atoms with Gasteiger partial charge in [0.15, 0.2) is 0 Å². The molecule has 0 radical (unpaired) electrons. The van der Waals surface area contributed by atoms with Gasteiger partial charge in [0.1, 0.15) is 0 Å². The van der Waals surface area contributed by atoms with Crippen LogP contribution in [0.5, 0.6) is 0 Å². The highest BCUT2D eigenvalue weighted by atomic mass is 32.2. The number of aromatic nitrogens is 1. The number of nitrogens with zero attached hydrogens (tertiary/aromatic N) is 1. The fraction of sp³-hybridized carbons (Fsp3) is 0.300. The fourth-order valence-electron chi connectivity index (χ4n) is 2.72. The highest BCUT2D eigenvalue weighted by Crippen LogP contribution is 2.24. The molecule has 1 N–H and O–H groups in total. The molecule has 0 fully saturated rings. The van der Waals surface area contributed by atoms with Crippen LogP contribution in [-0.4, -0.2) is 16.2 Å². The first kappa shape index (κ1) is 18.7. The third kappa shape index (κ3) is 4.37. The van der Waals surface area contributed by atoms with E-state index in [1.165, 1.54) is 21.8 Å². The second-order valence-electron chi connectivity index (χ2n) is 6.47. The first-order valence-electron chi connectivity index (χ1n) is 8.58. The number of hydrogen-bond donors (Lipinski definition) is 1. The first-order valence-corrected chi connectivity index (χ1v) is 10.4. The number of hydrogen-bond acceptors (Lipinski definition) is 4. The predicted molar refractivity (Wildman–Crippen MR) is 112 cm³/mol. The molecule has 0 bridgehead atoms. The van der Waals surface area contributed by atoms with E-state index in [1.807, 2.05) is 32.0 Å². The summed E-state index contributed by atoms with van der Waals surface area (Å²) >= 11 is 2.89. The van der Waals surface area contributed by atoms with Crippen molar-refractivity contribution in [3.05, 3.63) is 57.7 Å². The molecule has 0 spiro atoms. The van der Waals surface area contributed by atoms with Crippen molar-refractivity contribution in [2.24, 2.45) is 0 Å². The smallest absolute Gasteiger partial charge is 0.308 e. The van der Waals surface area contributed by atoms with Crippen molar-refractivity contribution >= 4 is 44.9 Å². The first-order chi connectivity index (χ1) is 12.4. The summed E-state index contributed by atoms with van der Waals surface area (Å²) in [7, 11) is 0. The number of benzene rings is 2. The summed E-state index contributed by atoms with van der Waals surface area (Å²) in [5, 5.41) is 2.93. The number of amides is 1. The molecular formula is C20H22N2O2S2. The zero-order valence-corrected chi connectivity index (χ0v) is 16.7. The van der Waals surface area contributed by atoms with Crippen LogP contribution in [0.1, 0.15) is 31.9 Å². The van der Waals surface area contributed by atoms with Gasteiger partial charge in [0.2, 0.25) is 5.91 Å². The van der Waals surface area contributed by atoms with E-state index in [4.69, 9.17) is 0 Å². The number of thioether (sulfide) groups is 1. The van der Waals surface area contributed by atoms with E-state index >= 15 is 0 Å². The van der Waals surface area contributed by atoms with Crippen molar-refractivity contribution in [3.8, 4) is 0 Å². The van der Waals surface area contributed by atoms with E-state index in [-0.39, 0.29) is 16.8 Å². The zero-order chi connectivity index (χ0) is 18.7. The quantitative estimate of drug-likeness (QED) is 0.602. The molecule has 6 heteroatoms. The lowest BCUT2D eigenvalue weighted by molar-refractivity contribution is -0.115.